The van der Waals surface area contributed by atoms with E-state index in [1.165, 1.54) is 18.1 Å². The summed E-state index contributed by atoms with van der Waals surface area (Å²) in [4.78, 5) is 12.7. The largest absolute Gasteiger partial charge is 0.387 e. The number of nitrogens with zero attached hydrogens (tertiary/aromatic N) is 4. The van der Waals surface area contributed by atoms with Gasteiger partial charge < -0.3 is 9.84 Å². The van der Waals surface area contributed by atoms with E-state index in [0.717, 1.165) is 16.2 Å². The van der Waals surface area contributed by atoms with Crippen LogP contribution in [0.4, 0.5) is 0 Å². The maximum absolute atomic E-state index is 9.35. The number of aromatic nitrogens is 4. The van der Waals surface area contributed by atoms with Gasteiger partial charge in [-0.25, -0.2) is 15.0 Å². The molecule has 1 aliphatic rings. The van der Waals surface area contributed by atoms with Crippen LogP contribution in [0.2, 0.25) is 0 Å². The fourth-order valence-corrected chi connectivity index (χ4v) is 2.36. The molecule has 0 saturated carbocycles. The summed E-state index contributed by atoms with van der Waals surface area (Å²) in [6, 6.07) is 0. The van der Waals surface area contributed by atoms with Gasteiger partial charge in [-0.1, -0.05) is 6.08 Å². The highest BCUT2D eigenvalue weighted by Crippen LogP contribution is 2.25. The number of hydrogen-bond donors (Lipinski definition) is 1. The third-order valence-electron chi connectivity index (χ3n) is 2.73. The Bertz CT molecular complexity index is 598. The number of aliphatic hydroxyl groups excluding tert-OH is 1. The van der Waals surface area contributed by atoms with Crippen LogP contribution in [0, 0.1) is 0 Å². The minimum atomic E-state index is -0.535. The van der Waals surface area contributed by atoms with Crippen LogP contribution in [-0.2, 0) is 4.74 Å². The molecule has 1 aliphatic heterocycles. The van der Waals surface area contributed by atoms with Crippen LogP contribution >= 0.6 is 11.8 Å². The number of ether oxygens (including phenoxy) is 1. The van der Waals surface area contributed by atoms with Crippen LogP contribution in [-0.4, -0.2) is 43.6 Å². The Balaban J connectivity index is 2.05. The van der Waals surface area contributed by atoms with Gasteiger partial charge in [0.15, 0.2) is 11.9 Å². The smallest absolute Gasteiger partial charge is 0.166 e. The Hall–Kier alpha value is -1.44. The Labute approximate surface area is 108 Å². The van der Waals surface area contributed by atoms with Crippen molar-refractivity contribution in [1.29, 1.82) is 0 Å². The second-order valence-electron chi connectivity index (χ2n) is 3.88. The Morgan fingerprint density at radius 3 is 3.00 bits per heavy atom. The van der Waals surface area contributed by atoms with Crippen LogP contribution in [0.3, 0.4) is 0 Å². The van der Waals surface area contributed by atoms with E-state index in [9.17, 15) is 5.11 Å². The molecule has 0 amide bonds. The highest BCUT2D eigenvalue weighted by atomic mass is 32.2. The summed E-state index contributed by atoms with van der Waals surface area (Å²) in [6.07, 6.45) is 7.87. The highest BCUT2D eigenvalue weighted by molar-refractivity contribution is 7.98. The zero-order chi connectivity index (χ0) is 12.5. The minimum absolute atomic E-state index is 0.275. The zero-order valence-corrected chi connectivity index (χ0v) is 10.5. The number of imidazole rings is 1. The number of aliphatic hydroxyl groups is 1. The lowest BCUT2D eigenvalue weighted by atomic mass is 10.3. The molecule has 6 nitrogen and oxygen atoms in total. The molecular weight excluding hydrogens is 252 g/mol. The van der Waals surface area contributed by atoms with E-state index in [4.69, 9.17) is 4.74 Å². The lowest BCUT2D eigenvalue weighted by Gasteiger charge is -2.21. The van der Waals surface area contributed by atoms with Gasteiger partial charge in [0.25, 0.3) is 0 Å². The summed E-state index contributed by atoms with van der Waals surface area (Å²) in [5.74, 6) is 0. The van der Waals surface area contributed by atoms with Gasteiger partial charge in [0.1, 0.15) is 16.9 Å². The van der Waals surface area contributed by atoms with Crippen molar-refractivity contribution in [1.82, 2.24) is 19.5 Å². The normalized spacial score (nSPS) is 23.7. The van der Waals surface area contributed by atoms with Crippen LogP contribution in [0.5, 0.6) is 0 Å². The molecule has 2 aromatic heterocycles. The summed E-state index contributed by atoms with van der Waals surface area (Å²) in [7, 11) is 0. The summed E-state index contributed by atoms with van der Waals surface area (Å²) in [5.41, 5.74) is 1.51. The quantitative estimate of drug-likeness (QED) is 0.495. The van der Waals surface area contributed by atoms with Crippen molar-refractivity contribution in [2.24, 2.45) is 0 Å². The standard InChI is InChI=1S/C11H12N4O2S/c1-18-11-9-10(12-5-13-11)15(6-14-9)8-3-2-7(16)4-17-8/h2-3,5-8,16H,4H2,1H3. The van der Waals surface area contributed by atoms with Crippen LogP contribution in [0.1, 0.15) is 6.23 Å². The monoisotopic (exact) mass is 264 g/mol. The molecule has 18 heavy (non-hydrogen) atoms. The number of hydrogen-bond acceptors (Lipinski definition) is 6. The summed E-state index contributed by atoms with van der Waals surface area (Å²) in [5, 5.41) is 10.2. The molecule has 2 atom stereocenters. The first-order chi connectivity index (χ1) is 8.79. The molecule has 0 bridgehead atoms. The first kappa shape index (κ1) is 11.6. The predicted octanol–water partition coefficient (Wildman–Crippen LogP) is 0.994. The molecule has 94 valence electrons. The first-order valence-electron chi connectivity index (χ1n) is 5.49. The molecule has 3 heterocycles. The topological polar surface area (TPSA) is 73.1 Å². The van der Waals surface area contributed by atoms with E-state index in [2.05, 4.69) is 15.0 Å². The Morgan fingerprint density at radius 1 is 1.39 bits per heavy atom. The van der Waals surface area contributed by atoms with E-state index in [0.29, 0.717) is 0 Å². The number of fused-ring (bicyclic) bond motifs is 1. The Kier molecular flexibility index (Phi) is 3.02. The maximum Gasteiger partial charge on any atom is 0.166 e. The van der Waals surface area contributed by atoms with Crippen LogP contribution in [0.25, 0.3) is 11.2 Å². The summed E-state index contributed by atoms with van der Waals surface area (Å²) in [6.45, 7) is 0.279. The van der Waals surface area contributed by atoms with Crippen molar-refractivity contribution >= 4 is 22.9 Å². The van der Waals surface area contributed by atoms with Crippen molar-refractivity contribution in [2.75, 3.05) is 12.9 Å². The fraction of sp³-hybridized carbons (Fsp3) is 0.364. The first-order valence-corrected chi connectivity index (χ1v) is 6.71. The van der Waals surface area contributed by atoms with Gasteiger partial charge in [-0.2, -0.15) is 0 Å². The van der Waals surface area contributed by atoms with E-state index in [1.807, 2.05) is 10.8 Å². The van der Waals surface area contributed by atoms with Gasteiger partial charge in [-0.15, -0.1) is 11.8 Å². The lowest BCUT2D eigenvalue weighted by molar-refractivity contribution is -0.0165. The zero-order valence-electron chi connectivity index (χ0n) is 9.72. The van der Waals surface area contributed by atoms with E-state index in [-0.39, 0.29) is 12.8 Å². The van der Waals surface area contributed by atoms with E-state index >= 15 is 0 Å². The van der Waals surface area contributed by atoms with Crippen LogP contribution < -0.4 is 0 Å². The average molecular weight is 264 g/mol. The van der Waals surface area contributed by atoms with Crippen molar-refractivity contribution in [3.8, 4) is 0 Å². The van der Waals surface area contributed by atoms with E-state index in [1.54, 1.807) is 18.5 Å². The van der Waals surface area contributed by atoms with Gasteiger partial charge in [0, 0.05) is 0 Å². The second-order valence-corrected chi connectivity index (χ2v) is 4.68. The molecular formula is C11H12N4O2S. The van der Waals surface area contributed by atoms with Crippen molar-refractivity contribution < 1.29 is 9.84 Å². The predicted molar refractivity (Wildman–Crippen MR) is 67.2 cm³/mol. The third-order valence-corrected chi connectivity index (χ3v) is 3.41. The highest BCUT2D eigenvalue weighted by Gasteiger charge is 2.19. The van der Waals surface area contributed by atoms with Gasteiger partial charge in [-0.3, -0.25) is 4.57 Å². The van der Waals surface area contributed by atoms with Gasteiger partial charge in [0.05, 0.1) is 19.0 Å². The summed E-state index contributed by atoms with van der Waals surface area (Å²) < 4.78 is 7.37. The molecule has 2 aromatic rings. The molecule has 1 N–H and O–H groups in total. The average Bonchev–Trinajstić information content (AvgIpc) is 2.83. The number of rotatable bonds is 2. The molecule has 0 aromatic carbocycles. The maximum atomic E-state index is 9.35. The molecule has 2 unspecified atom stereocenters. The Morgan fingerprint density at radius 2 is 2.28 bits per heavy atom. The summed E-state index contributed by atoms with van der Waals surface area (Å²) >= 11 is 1.53. The third kappa shape index (κ3) is 1.90. The molecule has 0 radical (unpaired) electrons. The van der Waals surface area contributed by atoms with Gasteiger partial charge in [-0.05, 0) is 12.3 Å². The molecule has 0 fully saturated rings. The van der Waals surface area contributed by atoms with Gasteiger partial charge >= 0.3 is 0 Å². The minimum Gasteiger partial charge on any atom is -0.387 e. The molecule has 0 spiro atoms. The lowest BCUT2D eigenvalue weighted by Crippen LogP contribution is -2.22. The van der Waals surface area contributed by atoms with E-state index < -0.39 is 6.10 Å². The fourth-order valence-electron chi connectivity index (χ4n) is 1.87. The molecule has 3 rings (SSSR count). The number of thioether (sulfide) groups is 1. The molecule has 0 aliphatic carbocycles. The van der Waals surface area contributed by atoms with Crippen molar-refractivity contribution in [3.63, 3.8) is 0 Å². The van der Waals surface area contributed by atoms with Crippen molar-refractivity contribution in [3.05, 3.63) is 24.8 Å². The van der Waals surface area contributed by atoms with Gasteiger partial charge in [0.2, 0.25) is 0 Å². The van der Waals surface area contributed by atoms with Crippen molar-refractivity contribution in [2.45, 2.75) is 17.4 Å². The second kappa shape index (κ2) is 4.68. The molecule has 0 saturated heterocycles. The molecule has 7 heteroatoms. The SMILES string of the molecule is CSc1ncnc2c1ncn2C1C=CC(O)CO1. The van der Waals surface area contributed by atoms with Crippen LogP contribution in [0.15, 0.2) is 29.8 Å².